The molecule has 0 spiro atoms. The molecule has 1 aliphatic heterocycles. The van der Waals surface area contributed by atoms with Crippen LogP contribution in [-0.4, -0.2) is 102 Å². The number of aliphatic hydroxyl groups is 1. The third kappa shape index (κ3) is 12.3. The number of halogens is 1. The van der Waals surface area contributed by atoms with Gasteiger partial charge < -0.3 is 32.1 Å². The highest BCUT2D eigenvalue weighted by atomic mass is 19.1. The molecule has 4 aromatic heterocycles. The molecular weight excluding hydrogens is 854 g/mol. The molecule has 0 radical (unpaired) electrons. The molecule has 348 valence electrons. The van der Waals surface area contributed by atoms with Gasteiger partial charge in [-0.1, -0.05) is 49.5 Å². The molecule has 4 fully saturated rings. The SMILES string of the molecule is C1CC1.C=C1[C@H](C#Cc2cc(F)cc(-n3nc(C(N)=O)c4cccnc43)c2)CCN1C.CN(C=O)CC1C[C@H]1C(O)C#Cc1ccnc(-n2nc(C(N)=O)c3c2CCCC3)c1.NC(=O)C1CC1. The first-order valence-corrected chi connectivity index (χ1v) is 22.6. The number of hydrogen-bond acceptors (Lipinski definition) is 10. The molecule has 17 heteroatoms. The van der Waals surface area contributed by atoms with Gasteiger partial charge in [0.25, 0.3) is 11.8 Å². The van der Waals surface area contributed by atoms with E-state index in [1.165, 1.54) is 36.1 Å². The molecule has 4 atom stereocenters. The Morgan fingerprint density at radius 3 is 2.30 bits per heavy atom. The molecule has 4 aliphatic carbocycles. The second-order valence-corrected chi connectivity index (χ2v) is 17.5. The molecule has 1 saturated heterocycles. The standard InChI is InChI=1S/C22H25N5O3.C21H18FN5O.C4H7NO.C3H6/c1-26(13-28)12-15-11-17(15)19(29)7-6-14-8-9-24-20(10-14)27-18-5-3-2-4-16(18)21(25-27)22(23)30;1-13-15(7-9-26(13)2)6-5-14-10-16(22)12-17(11-14)27-21-18(4-3-8-24-21)19(25-27)20(23)28;5-4(6)3-1-2-3;1-2-3-1/h8-10,13,15,17,19,29H,2-5,11-12H2,1H3,(H2,23,30);3-4,8,10-12,15H,1,7,9H2,2H3,(H2,23,28);3H,1-2H2,(H2,5,6);1-3H2/t15?,17-,19?;15-;;/m11../s1. The highest BCUT2D eigenvalue weighted by Gasteiger charge is 2.42. The zero-order valence-electron chi connectivity index (χ0n) is 37.8. The fraction of sp³-hybridized carbons (Fsp3) is 0.400. The summed E-state index contributed by atoms with van der Waals surface area (Å²) in [6, 6.07) is 11.4. The Hall–Kier alpha value is -7.37. The van der Waals surface area contributed by atoms with Gasteiger partial charge in [-0.25, -0.2) is 23.7 Å². The summed E-state index contributed by atoms with van der Waals surface area (Å²) in [5.41, 5.74) is 21.1. The van der Waals surface area contributed by atoms with E-state index in [2.05, 4.69) is 55.3 Å². The molecule has 5 aromatic rings. The highest BCUT2D eigenvalue weighted by molar-refractivity contribution is 6.03. The van der Waals surface area contributed by atoms with E-state index in [9.17, 15) is 28.7 Å². The molecule has 2 unspecified atom stereocenters. The van der Waals surface area contributed by atoms with Gasteiger partial charge >= 0.3 is 0 Å². The minimum atomic E-state index is -0.731. The predicted molar refractivity (Wildman–Crippen MR) is 250 cm³/mol. The summed E-state index contributed by atoms with van der Waals surface area (Å²) in [6.07, 6.45) is 15.3. The number of fused-ring (bicyclic) bond motifs is 2. The number of rotatable bonds is 9. The zero-order valence-corrected chi connectivity index (χ0v) is 37.8. The van der Waals surface area contributed by atoms with Crippen LogP contribution in [0.5, 0.6) is 0 Å². The number of carbonyl (C=O) groups excluding carboxylic acids is 4. The van der Waals surface area contributed by atoms with E-state index in [0.29, 0.717) is 51.8 Å². The van der Waals surface area contributed by atoms with Gasteiger partial charge in [-0.2, -0.15) is 10.2 Å². The van der Waals surface area contributed by atoms with Gasteiger partial charge in [0.2, 0.25) is 12.3 Å². The minimum absolute atomic E-state index is 0.0605. The quantitative estimate of drug-likeness (QED) is 0.122. The fourth-order valence-electron chi connectivity index (χ4n) is 7.82. The third-order valence-corrected chi connectivity index (χ3v) is 12.0. The number of benzene rings is 1. The molecule has 10 rings (SSSR count). The molecule has 1 aromatic carbocycles. The lowest BCUT2D eigenvalue weighted by Crippen LogP contribution is -2.20. The maximum atomic E-state index is 14.3. The lowest BCUT2D eigenvalue weighted by Gasteiger charge is -2.13. The smallest absolute Gasteiger partial charge is 0.269 e. The monoisotopic (exact) mass is 909 g/mol. The molecule has 5 heterocycles. The molecule has 3 saturated carbocycles. The number of aromatic nitrogens is 6. The number of likely N-dealkylation sites (tertiary alicyclic amines) is 1. The van der Waals surface area contributed by atoms with Crippen molar-refractivity contribution in [1.29, 1.82) is 0 Å². The highest BCUT2D eigenvalue weighted by Crippen LogP contribution is 2.41. The summed E-state index contributed by atoms with van der Waals surface area (Å²) in [4.78, 5) is 56.5. The van der Waals surface area contributed by atoms with Crippen molar-refractivity contribution >= 4 is 35.2 Å². The number of aliphatic hydroxyl groups excluding tert-OH is 1. The maximum absolute atomic E-state index is 14.3. The van der Waals surface area contributed by atoms with Crippen LogP contribution in [0.15, 0.2) is 67.1 Å². The Morgan fingerprint density at radius 1 is 0.925 bits per heavy atom. The van der Waals surface area contributed by atoms with Crippen LogP contribution >= 0.6 is 0 Å². The van der Waals surface area contributed by atoms with Crippen LogP contribution < -0.4 is 17.2 Å². The number of pyridine rings is 2. The van der Waals surface area contributed by atoms with E-state index in [-0.39, 0.29) is 29.4 Å². The Kier molecular flexibility index (Phi) is 15.1. The van der Waals surface area contributed by atoms with Gasteiger partial charge in [0.05, 0.1) is 22.7 Å². The van der Waals surface area contributed by atoms with Crippen molar-refractivity contribution in [2.75, 3.05) is 27.2 Å². The molecular formula is C50H56FN11O5. The second-order valence-electron chi connectivity index (χ2n) is 17.5. The maximum Gasteiger partial charge on any atom is 0.269 e. The fourth-order valence-corrected chi connectivity index (χ4v) is 7.82. The predicted octanol–water partition coefficient (Wildman–Crippen LogP) is 4.21. The Balaban J connectivity index is 0.000000167. The minimum Gasteiger partial charge on any atom is -0.380 e. The van der Waals surface area contributed by atoms with Crippen molar-refractivity contribution in [2.24, 2.45) is 40.9 Å². The van der Waals surface area contributed by atoms with Crippen LogP contribution in [0.1, 0.15) is 101 Å². The number of primary amides is 3. The summed E-state index contributed by atoms with van der Waals surface area (Å²) in [6.45, 7) is 5.60. The van der Waals surface area contributed by atoms with Gasteiger partial charge in [-0.05, 0) is 99.7 Å². The summed E-state index contributed by atoms with van der Waals surface area (Å²) in [5.74, 6) is 11.6. The van der Waals surface area contributed by atoms with E-state index in [1.54, 1.807) is 59.4 Å². The van der Waals surface area contributed by atoms with Gasteiger partial charge in [-0.3, -0.25) is 19.2 Å². The summed E-state index contributed by atoms with van der Waals surface area (Å²) in [5, 5.41) is 19.5. The first-order valence-electron chi connectivity index (χ1n) is 22.6. The van der Waals surface area contributed by atoms with Crippen molar-refractivity contribution in [3.8, 4) is 35.2 Å². The van der Waals surface area contributed by atoms with Crippen molar-refractivity contribution in [1.82, 2.24) is 39.3 Å². The lowest BCUT2D eigenvalue weighted by molar-refractivity contribution is -0.119. The van der Waals surface area contributed by atoms with Gasteiger partial charge in [0, 0.05) is 73.8 Å². The number of nitrogens with zero attached hydrogens (tertiary/aromatic N) is 8. The summed E-state index contributed by atoms with van der Waals surface area (Å²) >= 11 is 0. The number of carbonyl (C=O) groups is 4. The van der Waals surface area contributed by atoms with Gasteiger partial charge in [-0.15, -0.1) is 0 Å². The molecule has 7 N–H and O–H groups in total. The van der Waals surface area contributed by atoms with Gasteiger partial charge in [0.15, 0.2) is 22.9 Å². The molecule has 16 nitrogen and oxygen atoms in total. The van der Waals surface area contributed by atoms with Crippen LogP contribution in [0.3, 0.4) is 0 Å². The largest absolute Gasteiger partial charge is 0.380 e. The van der Waals surface area contributed by atoms with Crippen LogP contribution in [0.4, 0.5) is 4.39 Å². The van der Waals surface area contributed by atoms with Crippen LogP contribution in [0, 0.1) is 53.2 Å². The molecule has 4 amide bonds. The van der Waals surface area contributed by atoms with Gasteiger partial charge in [0.1, 0.15) is 11.9 Å². The van der Waals surface area contributed by atoms with E-state index in [1.807, 2.05) is 7.05 Å². The average Bonchev–Trinajstić information content (AvgIpc) is 4.24. The van der Waals surface area contributed by atoms with Crippen molar-refractivity contribution in [2.45, 2.75) is 76.7 Å². The van der Waals surface area contributed by atoms with Crippen molar-refractivity contribution in [3.63, 3.8) is 0 Å². The average molecular weight is 910 g/mol. The molecule has 67 heavy (non-hydrogen) atoms. The number of amides is 4. The van der Waals surface area contributed by atoms with Crippen LogP contribution in [0.25, 0.3) is 22.5 Å². The van der Waals surface area contributed by atoms with Crippen LogP contribution in [0.2, 0.25) is 0 Å². The number of allylic oxidation sites excluding steroid dienone is 1. The van der Waals surface area contributed by atoms with E-state index in [4.69, 9.17) is 17.2 Å². The number of hydrogen-bond donors (Lipinski definition) is 4. The van der Waals surface area contributed by atoms with E-state index >= 15 is 0 Å². The Labute approximate surface area is 388 Å². The zero-order chi connectivity index (χ0) is 47.8. The Morgan fingerprint density at radius 2 is 1.66 bits per heavy atom. The van der Waals surface area contributed by atoms with E-state index in [0.717, 1.165) is 81.3 Å². The number of nitrogens with two attached hydrogens (primary N) is 3. The van der Waals surface area contributed by atoms with E-state index < -0.39 is 23.7 Å². The third-order valence-electron chi connectivity index (χ3n) is 12.0. The normalized spacial score (nSPS) is 18.9. The Bertz CT molecular complexity index is 2810. The molecule has 0 bridgehead atoms. The second kappa shape index (κ2) is 21.3. The summed E-state index contributed by atoms with van der Waals surface area (Å²) in [7, 11) is 3.72. The first-order chi connectivity index (χ1) is 32.2. The first kappa shape index (κ1) is 47.6. The lowest BCUT2D eigenvalue weighted by atomic mass is 9.95. The molecule has 5 aliphatic rings. The van der Waals surface area contributed by atoms with Crippen molar-refractivity contribution < 1.29 is 28.7 Å². The van der Waals surface area contributed by atoms with Crippen molar-refractivity contribution in [3.05, 3.63) is 107 Å². The topological polar surface area (TPSA) is 234 Å². The van der Waals surface area contributed by atoms with Crippen LogP contribution in [-0.2, 0) is 22.4 Å². The summed E-state index contributed by atoms with van der Waals surface area (Å²) < 4.78 is 17.4.